The van der Waals surface area contributed by atoms with E-state index in [1.807, 2.05) is 36.4 Å². The van der Waals surface area contributed by atoms with Crippen LogP contribution in [0.3, 0.4) is 0 Å². The van der Waals surface area contributed by atoms with Crippen molar-refractivity contribution in [3.05, 3.63) is 54.1 Å². The van der Waals surface area contributed by atoms with E-state index in [9.17, 15) is 4.79 Å². The van der Waals surface area contributed by atoms with Crippen molar-refractivity contribution >= 4 is 11.7 Å². The number of amides is 2. The number of benzene rings is 2. The third-order valence-corrected chi connectivity index (χ3v) is 4.89. The highest BCUT2D eigenvalue weighted by Gasteiger charge is 2.24. The van der Waals surface area contributed by atoms with E-state index in [2.05, 4.69) is 27.7 Å². The molecule has 0 bridgehead atoms. The fraction of sp³-hybridized carbons (Fsp3) is 0.381. The van der Waals surface area contributed by atoms with E-state index in [0.29, 0.717) is 18.0 Å². The number of nitrogens with one attached hydrogen (secondary N) is 2. The topological polar surface area (TPSA) is 62.8 Å². The average molecular weight is 369 g/mol. The van der Waals surface area contributed by atoms with E-state index in [4.69, 9.17) is 9.47 Å². The summed E-state index contributed by atoms with van der Waals surface area (Å²) in [5.74, 6) is 1.47. The first-order valence-corrected chi connectivity index (χ1v) is 9.27. The van der Waals surface area contributed by atoms with Gasteiger partial charge in [0.2, 0.25) is 0 Å². The van der Waals surface area contributed by atoms with E-state index >= 15 is 0 Å². The third-order valence-electron chi connectivity index (χ3n) is 4.89. The fourth-order valence-electron chi connectivity index (χ4n) is 3.44. The van der Waals surface area contributed by atoms with Crippen LogP contribution in [0.1, 0.15) is 24.4 Å². The van der Waals surface area contributed by atoms with Crippen molar-refractivity contribution in [1.82, 2.24) is 10.2 Å². The Hall–Kier alpha value is -2.73. The first kappa shape index (κ1) is 19.0. The number of likely N-dealkylation sites (tertiary alicyclic amines) is 1. The molecule has 1 saturated heterocycles. The molecule has 0 unspecified atom stereocenters. The predicted octanol–water partition coefficient (Wildman–Crippen LogP) is 3.66. The van der Waals surface area contributed by atoms with Crippen LogP contribution in [0.2, 0.25) is 0 Å². The quantitative estimate of drug-likeness (QED) is 0.782. The molecule has 2 aromatic rings. The Morgan fingerprint density at radius 2 is 1.74 bits per heavy atom. The number of para-hydroxylation sites is 2. The number of carbonyl (C=O) groups is 1. The number of hydrogen-bond donors (Lipinski definition) is 2. The Labute approximate surface area is 160 Å². The monoisotopic (exact) mass is 369 g/mol. The largest absolute Gasteiger partial charge is 0.497 e. The van der Waals surface area contributed by atoms with E-state index in [-0.39, 0.29) is 12.1 Å². The van der Waals surface area contributed by atoms with Crippen molar-refractivity contribution in [2.24, 2.45) is 0 Å². The fourth-order valence-corrected chi connectivity index (χ4v) is 3.44. The molecule has 144 valence electrons. The van der Waals surface area contributed by atoms with Gasteiger partial charge in [-0.3, -0.25) is 4.90 Å². The van der Waals surface area contributed by atoms with E-state index in [1.54, 1.807) is 14.2 Å². The van der Waals surface area contributed by atoms with E-state index < -0.39 is 0 Å². The van der Waals surface area contributed by atoms with Gasteiger partial charge >= 0.3 is 6.03 Å². The molecule has 1 atom stereocenters. The molecule has 0 aromatic heterocycles. The van der Waals surface area contributed by atoms with Gasteiger partial charge in [0.25, 0.3) is 0 Å². The minimum absolute atomic E-state index is 0.141. The van der Waals surface area contributed by atoms with Crippen LogP contribution < -0.4 is 20.1 Å². The Balaban J connectivity index is 1.65. The second-order valence-electron chi connectivity index (χ2n) is 6.57. The van der Waals surface area contributed by atoms with Gasteiger partial charge < -0.3 is 20.1 Å². The van der Waals surface area contributed by atoms with E-state index in [0.717, 1.165) is 18.8 Å². The number of ether oxygens (including phenoxy) is 2. The van der Waals surface area contributed by atoms with Crippen molar-refractivity contribution in [2.75, 3.05) is 39.2 Å². The number of carbonyl (C=O) groups excluding carboxylic acids is 1. The summed E-state index contributed by atoms with van der Waals surface area (Å²) < 4.78 is 10.5. The molecular weight excluding hydrogens is 342 g/mol. The van der Waals surface area contributed by atoms with Gasteiger partial charge in [0.15, 0.2) is 0 Å². The van der Waals surface area contributed by atoms with Crippen LogP contribution in [0.4, 0.5) is 10.5 Å². The highest BCUT2D eigenvalue weighted by molar-refractivity contribution is 5.90. The van der Waals surface area contributed by atoms with E-state index in [1.165, 1.54) is 18.4 Å². The summed E-state index contributed by atoms with van der Waals surface area (Å²) in [6.45, 7) is 2.63. The van der Waals surface area contributed by atoms with Crippen molar-refractivity contribution in [3.63, 3.8) is 0 Å². The summed E-state index contributed by atoms with van der Waals surface area (Å²) in [6, 6.07) is 15.3. The highest BCUT2D eigenvalue weighted by Crippen LogP contribution is 2.26. The lowest BCUT2D eigenvalue weighted by atomic mass is 10.1. The van der Waals surface area contributed by atoms with Gasteiger partial charge in [0.05, 0.1) is 25.9 Å². The van der Waals surface area contributed by atoms with Gasteiger partial charge in [0.1, 0.15) is 11.5 Å². The molecule has 27 heavy (non-hydrogen) atoms. The van der Waals surface area contributed by atoms with Crippen LogP contribution >= 0.6 is 0 Å². The van der Waals surface area contributed by atoms with Crippen LogP contribution in [0.15, 0.2) is 48.5 Å². The van der Waals surface area contributed by atoms with Crippen molar-refractivity contribution in [3.8, 4) is 11.5 Å². The summed E-state index contributed by atoms with van der Waals surface area (Å²) in [7, 11) is 3.25. The maximum Gasteiger partial charge on any atom is 0.319 e. The molecule has 0 spiro atoms. The SMILES string of the molecule is COc1ccc([C@H](CNC(=O)Nc2ccccc2OC)N2CCCC2)cc1. The van der Waals surface area contributed by atoms with Gasteiger partial charge in [-0.2, -0.15) is 0 Å². The number of rotatable bonds is 7. The van der Waals surface area contributed by atoms with Crippen LogP contribution in [0, 0.1) is 0 Å². The zero-order valence-electron chi connectivity index (χ0n) is 15.9. The van der Waals surface area contributed by atoms with Crippen LogP contribution in [-0.2, 0) is 0 Å². The highest BCUT2D eigenvalue weighted by atomic mass is 16.5. The zero-order valence-corrected chi connectivity index (χ0v) is 15.9. The summed E-state index contributed by atoms with van der Waals surface area (Å²) >= 11 is 0. The number of methoxy groups -OCH3 is 2. The standard InChI is InChI=1S/C21H27N3O3/c1-26-17-11-9-16(10-12-17)19(24-13-5-6-14-24)15-22-21(25)23-18-7-3-4-8-20(18)27-2/h3-4,7-12,19H,5-6,13-15H2,1-2H3,(H2,22,23,25)/t19-/m0/s1. The summed E-state index contributed by atoms with van der Waals surface area (Å²) in [4.78, 5) is 14.8. The smallest absolute Gasteiger partial charge is 0.319 e. The van der Waals surface area contributed by atoms with Gasteiger partial charge in [-0.25, -0.2) is 4.79 Å². The Bertz CT molecular complexity index is 743. The molecule has 2 amide bonds. The maximum absolute atomic E-state index is 12.4. The molecule has 0 aliphatic carbocycles. The predicted molar refractivity (Wildman–Crippen MR) is 107 cm³/mol. The number of anilines is 1. The molecule has 2 aromatic carbocycles. The first-order chi connectivity index (χ1) is 13.2. The Morgan fingerprint density at radius 3 is 2.41 bits per heavy atom. The average Bonchev–Trinajstić information content (AvgIpc) is 3.23. The van der Waals surface area contributed by atoms with Crippen molar-refractivity contribution in [2.45, 2.75) is 18.9 Å². The minimum Gasteiger partial charge on any atom is -0.497 e. The molecule has 1 aliphatic rings. The molecule has 6 heteroatoms. The maximum atomic E-state index is 12.4. The van der Waals surface area contributed by atoms with Gasteiger partial charge in [-0.15, -0.1) is 0 Å². The lowest BCUT2D eigenvalue weighted by Crippen LogP contribution is -2.38. The third kappa shape index (κ3) is 4.92. The molecule has 0 radical (unpaired) electrons. The molecule has 1 fully saturated rings. The van der Waals surface area contributed by atoms with Gasteiger partial charge in [0, 0.05) is 6.54 Å². The molecule has 0 saturated carbocycles. The number of urea groups is 1. The second-order valence-corrected chi connectivity index (χ2v) is 6.57. The van der Waals surface area contributed by atoms with Gasteiger partial charge in [-0.1, -0.05) is 24.3 Å². The minimum atomic E-state index is -0.239. The summed E-state index contributed by atoms with van der Waals surface area (Å²) in [5, 5.41) is 5.87. The molecule has 6 nitrogen and oxygen atoms in total. The molecule has 2 N–H and O–H groups in total. The van der Waals surface area contributed by atoms with Crippen molar-refractivity contribution < 1.29 is 14.3 Å². The lowest BCUT2D eigenvalue weighted by molar-refractivity contribution is 0.227. The summed E-state index contributed by atoms with van der Waals surface area (Å²) in [5.41, 5.74) is 1.83. The molecule has 3 rings (SSSR count). The van der Waals surface area contributed by atoms with Crippen molar-refractivity contribution in [1.29, 1.82) is 0 Å². The zero-order chi connectivity index (χ0) is 19.1. The molecule has 1 aliphatic heterocycles. The van der Waals surface area contributed by atoms with Crippen LogP contribution in [-0.4, -0.2) is 44.8 Å². The van der Waals surface area contributed by atoms with Gasteiger partial charge in [-0.05, 0) is 55.8 Å². The molecule has 1 heterocycles. The molecular formula is C21H27N3O3. The number of hydrogen-bond acceptors (Lipinski definition) is 4. The van der Waals surface area contributed by atoms with Crippen LogP contribution in [0.5, 0.6) is 11.5 Å². The Kier molecular flexibility index (Phi) is 6.54. The normalized spacial score (nSPS) is 15.2. The van der Waals surface area contributed by atoms with Crippen LogP contribution in [0.25, 0.3) is 0 Å². The first-order valence-electron chi connectivity index (χ1n) is 9.27. The summed E-state index contributed by atoms with van der Waals surface area (Å²) in [6.07, 6.45) is 2.39. The Morgan fingerprint density at radius 1 is 1.04 bits per heavy atom. The second kappa shape index (κ2) is 9.28. The lowest BCUT2D eigenvalue weighted by Gasteiger charge is -2.28. The number of nitrogens with zero attached hydrogens (tertiary/aromatic N) is 1.